The smallest absolute Gasteiger partial charge is 0.122 e. The Labute approximate surface area is 160 Å². The van der Waals surface area contributed by atoms with Crippen molar-refractivity contribution >= 4 is 21.7 Å². The fourth-order valence-corrected chi connectivity index (χ4v) is 3.76. The zero-order chi connectivity index (χ0) is 18.6. The molecule has 0 bridgehead atoms. The summed E-state index contributed by atoms with van der Waals surface area (Å²) < 4.78 is 6.21. The van der Waals surface area contributed by atoms with Gasteiger partial charge in [0.2, 0.25) is 0 Å². The van der Waals surface area contributed by atoms with Crippen molar-refractivity contribution in [1.82, 2.24) is 4.98 Å². The number of hydrogen-bond acceptors (Lipinski definition) is 2. The number of hydrogen-bond donors (Lipinski definition) is 0. The van der Waals surface area contributed by atoms with Gasteiger partial charge in [-0.15, -0.1) is 0 Å². The van der Waals surface area contributed by atoms with E-state index in [4.69, 9.17) is 4.74 Å². The van der Waals surface area contributed by atoms with Crippen LogP contribution in [0.3, 0.4) is 0 Å². The van der Waals surface area contributed by atoms with Gasteiger partial charge in [-0.1, -0.05) is 54.6 Å². The molecule has 0 saturated heterocycles. The maximum absolute atomic E-state index is 6.21. The lowest BCUT2D eigenvalue weighted by Crippen LogP contribution is -2.12. The summed E-state index contributed by atoms with van der Waals surface area (Å²) >= 11 is 0. The van der Waals surface area contributed by atoms with Crippen LogP contribution in [0.15, 0.2) is 72.9 Å². The quantitative estimate of drug-likeness (QED) is 0.369. The summed E-state index contributed by atoms with van der Waals surface area (Å²) in [5.74, 6) is 0.912. The Balaban J connectivity index is 1.48. The van der Waals surface area contributed by atoms with Crippen molar-refractivity contribution < 1.29 is 4.74 Å². The number of aromatic nitrogens is 1. The molecule has 4 aromatic rings. The Bertz CT molecular complexity index is 1060. The van der Waals surface area contributed by atoms with Crippen LogP contribution < -0.4 is 4.74 Å². The second-order valence-electron chi connectivity index (χ2n) is 7.29. The molecule has 4 rings (SSSR count). The maximum Gasteiger partial charge on any atom is 0.122 e. The molecule has 27 heavy (non-hydrogen) atoms. The van der Waals surface area contributed by atoms with Crippen LogP contribution in [-0.4, -0.2) is 11.1 Å². The predicted molar refractivity (Wildman–Crippen MR) is 113 cm³/mol. The average molecular weight is 355 g/mol. The minimum Gasteiger partial charge on any atom is -0.491 e. The minimum atomic E-state index is 0.186. The van der Waals surface area contributed by atoms with Crippen LogP contribution in [0.2, 0.25) is 0 Å². The van der Waals surface area contributed by atoms with E-state index in [1.165, 1.54) is 27.3 Å². The largest absolute Gasteiger partial charge is 0.491 e. The third kappa shape index (κ3) is 3.95. The molecule has 1 heterocycles. The van der Waals surface area contributed by atoms with E-state index >= 15 is 0 Å². The standard InChI is InChI=1S/C25H25NO/c1-18-15-22(27-19(2)9-8-12-20-10-4-3-5-11-20)16-24-25(18)23-14-7-6-13-21(23)17-26-24/h3-7,10-11,13-17,19H,8-9,12H2,1-2H3. The number of ether oxygens (including phenoxy) is 1. The Morgan fingerprint density at radius 3 is 2.59 bits per heavy atom. The van der Waals surface area contributed by atoms with E-state index in [0.717, 1.165) is 30.5 Å². The lowest BCUT2D eigenvalue weighted by Gasteiger charge is -2.16. The molecule has 0 spiro atoms. The second-order valence-corrected chi connectivity index (χ2v) is 7.29. The number of nitrogens with zero attached hydrogens (tertiary/aromatic N) is 1. The molecule has 3 aromatic carbocycles. The molecule has 1 atom stereocenters. The van der Waals surface area contributed by atoms with Crippen molar-refractivity contribution in [2.45, 2.75) is 39.2 Å². The first kappa shape index (κ1) is 17.5. The van der Waals surface area contributed by atoms with Gasteiger partial charge in [0.15, 0.2) is 0 Å². The molecular weight excluding hydrogens is 330 g/mol. The van der Waals surface area contributed by atoms with Crippen LogP contribution in [0.5, 0.6) is 5.75 Å². The molecule has 0 N–H and O–H groups in total. The van der Waals surface area contributed by atoms with Crippen LogP contribution in [-0.2, 0) is 6.42 Å². The zero-order valence-electron chi connectivity index (χ0n) is 16.0. The number of aryl methyl sites for hydroxylation is 2. The average Bonchev–Trinajstić information content (AvgIpc) is 2.68. The normalized spacial score (nSPS) is 12.4. The molecule has 0 radical (unpaired) electrons. The highest BCUT2D eigenvalue weighted by Gasteiger charge is 2.10. The lowest BCUT2D eigenvalue weighted by molar-refractivity contribution is 0.208. The summed E-state index contributed by atoms with van der Waals surface area (Å²) in [5.41, 5.74) is 3.60. The number of rotatable bonds is 6. The highest BCUT2D eigenvalue weighted by atomic mass is 16.5. The van der Waals surface area contributed by atoms with Gasteiger partial charge in [0, 0.05) is 23.0 Å². The molecule has 2 heteroatoms. The van der Waals surface area contributed by atoms with Crippen LogP contribution >= 0.6 is 0 Å². The Morgan fingerprint density at radius 2 is 1.74 bits per heavy atom. The van der Waals surface area contributed by atoms with Gasteiger partial charge in [-0.3, -0.25) is 4.98 Å². The highest BCUT2D eigenvalue weighted by molar-refractivity contribution is 6.07. The van der Waals surface area contributed by atoms with Gasteiger partial charge >= 0.3 is 0 Å². The van der Waals surface area contributed by atoms with Crippen LogP contribution in [0.1, 0.15) is 30.9 Å². The number of pyridine rings is 1. The van der Waals surface area contributed by atoms with Gasteiger partial charge in [-0.2, -0.15) is 0 Å². The molecule has 0 aliphatic carbocycles. The van der Waals surface area contributed by atoms with Crippen molar-refractivity contribution in [2.24, 2.45) is 0 Å². The molecular formula is C25H25NO. The molecule has 1 aromatic heterocycles. The van der Waals surface area contributed by atoms with E-state index in [9.17, 15) is 0 Å². The van der Waals surface area contributed by atoms with Crippen LogP contribution in [0, 0.1) is 6.92 Å². The van der Waals surface area contributed by atoms with Crippen molar-refractivity contribution in [3.8, 4) is 5.75 Å². The van der Waals surface area contributed by atoms with Crippen LogP contribution in [0.25, 0.3) is 21.7 Å². The SMILES string of the molecule is Cc1cc(OC(C)CCCc2ccccc2)cc2ncc3ccccc3c12. The van der Waals surface area contributed by atoms with Crippen molar-refractivity contribution in [1.29, 1.82) is 0 Å². The van der Waals surface area contributed by atoms with Gasteiger partial charge in [0.05, 0.1) is 11.6 Å². The predicted octanol–water partition coefficient (Wildman–Crippen LogP) is 6.49. The topological polar surface area (TPSA) is 22.1 Å². The summed E-state index contributed by atoms with van der Waals surface area (Å²) in [6.07, 6.45) is 5.40. The van der Waals surface area contributed by atoms with E-state index in [0.29, 0.717) is 0 Å². The monoisotopic (exact) mass is 355 g/mol. The maximum atomic E-state index is 6.21. The second kappa shape index (κ2) is 7.79. The van der Waals surface area contributed by atoms with Crippen molar-refractivity contribution in [3.05, 3.63) is 84.1 Å². The molecule has 0 aliphatic rings. The molecule has 0 amide bonds. The highest BCUT2D eigenvalue weighted by Crippen LogP contribution is 2.30. The van der Waals surface area contributed by atoms with E-state index < -0.39 is 0 Å². The summed E-state index contributed by atoms with van der Waals surface area (Å²) in [5, 5.41) is 3.65. The third-order valence-corrected chi connectivity index (χ3v) is 5.12. The lowest BCUT2D eigenvalue weighted by atomic mass is 10.0. The summed E-state index contributed by atoms with van der Waals surface area (Å²) in [6, 6.07) is 23.3. The van der Waals surface area contributed by atoms with E-state index in [2.05, 4.69) is 85.6 Å². The van der Waals surface area contributed by atoms with Crippen molar-refractivity contribution in [3.63, 3.8) is 0 Å². The fraction of sp³-hybridized carbons (Fsp3) is 0.240. The van der Waals surface area contributed by atoms with E-state index in [1.54, 1.807) is 0 Å². The van der Waals surface area contributed by atoms with Crippen LogP contribution in [0.4, 0.5) is 0 Å². The van der Waals surface area contributed by atoms with E-state index in [1.807, 2.05) is 6.20 Å². The summed E-state index contributed by atoms with van der Waals surface area (Å²) in [7, 11) is 0. The first-order valence-corrected chi connectivity index (χ1v) is 9.69. The minimum absolute atomic E-state index is 0.186. The molecule has 1 unspecified atom stereocenters. The summed E-state index contributed by atoms with van der Waals surface area (Å²) in [6.45, 7) is 4.29. The molecule has 0 saturated carbocycles. The third-order valence-electron chi connectivity index (χ3n) is 5.12. The molecule has 2 nitrogen and oxygen atoms in total. The molecule has 0 aliphatic heterocycles. The first-order chi connectivity index (χ1) is 13.2. The Hall–Kier alpha value is -2.87. The van der Waals surface area contributed by atoms with Gasteiger partial charge < -0.3 is 4.74 Å². The fourth-order valence-electron chi connectivity index (χ4n) is 3.76. The summed E-state index contributed by atoms with van der Waals surface area (Å²) in [4.78, 5) is 4.66. The van der Waals surface area contributed by atoms with Gasteiger partial charge in [0.1, 0.15) is 5.75 Å². The zero-order valence-corrected chi connectivity index (χ0v) is 16.0. The Morgan fingerprint density at radius 1 is 0.963 bits per heavy atom. The number of benzene rings is 3. The van der Waals surface area contributed by atoms with Crippen molar-refractivity contribution in [2.75, 3.05) is 0 Å². The molecule has 0 fully saturated rings. The molecule has 136 valence electrons. The van der Waals surface area contributed by atoms with Gasteiger partial charge in [0.25, 0.3) is 0 Å². The van der Waals surface area contributed by atoms with Gasteiger partial charge in [-0.25, -0.2) is 0 Å². The first-order valence-electron chi connectivity index (χ1n) is 9.69. The van der Waals surface area contributed by atoms with E-state index in [-0.39, 0.29) is 6.10 Å². The Kier molecular flexibility index (Phi) is 5.06. The van der Waals surface area contributed by atoms with Gasteiger partial charge in [-0.05, 0) is 55.7 Å². The number of fused-ring (bicyclic) bond motifs is 3.